The number of carbonyl (C=O) groups is 2. The highest BCUT2D eigenvalue weighted by Gasteiger charge is 2.20. The van der Waals surface area contributed by atoms with Crippen molar-refractivity contribution in [2.75, 3.05) is 26.2 Å². The smallest absolute Gasteiger partial charge is 0.315 e. The van der Waals surface area contributed by atoms with Crippen molar-refractivity contribution in [3.05, 3.63) is 35.6 Å². The lowest BCUT2D eigenvalue weighted by Crippen LogP contribution is -2.51. The quantitative estimate of drug-likeness (QED) is 0.618. The summed E-state index contributed by atoms with van der Waals surface area (Å²) in [6, 6.07) is 4.99. The van der Waals surface area contributed by atoms with Gasteiger partial charge in [0.2, 0.25) is 5.91 Å². The number of piperidine rings is 1. The number of likely N-dealkylation sites (tertiary alicyclic amines) is 1. The number of halogens is 1. The molecule has 27 heavy (non-hydrogen) atoms. The SMILES string of the molecule is CCCC(NC(=O)NCc1ccc(F)cc1)C(=O)NCCN1CCCCC1. The number of nitrogens with zero attached hydrogens (tertiary/aromatic N) is 1. The minimum absolute atomic E-state index is 0.147. The van der Waals surface area contributed by atoms with Crippen molar-refractivity contribution in [3.63, 3.8) is 0 Å². The second-order valence-corrected chi connectivity index (χ2v) is 6.99. The summed E-state index contributed by atoms with van der Waals surface area (Å²) < 4.78 is 12.9. The first-order valence-corrected chi connectivity index (χ1v) is 9.87. The van der Waals surface area contributed by atoms with E-state index in [2.05, 4.69) is 20.9 Å². The zero-order valence-corrected chi connectivity index (χ0v) is 16.1. The van der Waals surface area contributed by atoms with Gasteiger partial charge in [0, 0.05) is 19.6 Å². The van der Waals surface area contributed by atoms with Gasteiger partial charge in [0.1, 0.15) is 11.9 Å². The molecule has 1 aromatic carbocycles. The highest BCUT2D eigenvalue weighted by atomic mass is 19.1. The second-order valence-electron chi connectivity index (χ2n) is 6.99. The second kappa shape index (κ2) is 11.5. The number of carbonyl (C=O) groups excluding carboxylic acids is 2. The molecule has 1 unspecified atom stereocenters. The van der Waals surface area contributed by atoms with Crippen LogP contribution < -0.4 is 16.0 Å². The fraction of sp³-hybridized carbons (Fsp3) is 0.600. The zero-order valence-electron chi connectivity index (χ0n) is 16.1. The summed E-state index contributed by atoms with van der Waals surface area (Å²) in [6.07, 6.45) is 5.12. The van der Waals surface area contributed by atoms with Crippen LogP contribution in [-0.4, -0.2) is 49.1 Å². The molecule has 1 heterocycles. The summed E-state index contributed by atoms with van der Waals surface area (Å²) in [5.41, 5.74) is 0.796. The van der Waals surface area contributed by atoms with E-state index in [1.54, 1.807) is 12.1 Å². The van der Waals surface area contributed by atoms with Gasteiger partial charge in [0.15, 0.2) is 0 Å². The molecule has 3 N–H and O–H groups in total. The Hall–Kier alpha value is -2.15. The maximum absolute atomic E-state index is 12.9. The van der Waals surface area contributed by atoms with Gasteiger partial charge in [-0.15, -0.1) is 0 Å². The number of nitrogens with one attached hydrogen (secondary N) is 3. The van der Waals surface area contributed by atoms with Crippen LogP contribution >= 0.6 is 0 Å². The van der Waals surface area contributed by atoms with Crippen molar-refractivity contribution < 1.29 is 14.0 Å². The third-order valence-electron chi connectivity index (χ3n) is 4.74. The van der Waals surface area contributed by atoms with E-state index in [1.165, 1.54) is 31.4 Å². The van der Waals surface area contributed by atoms with Gasteiger partial charge >= 0.3 is 6.03 Å². The topological polar surface area (TPSA) is 73.5 Å². The molecule has 1 aliphatic heterocycles. The Labute approximate surface area is 160 Å². The minimum atomic E-state index is -0.551. The van der Waals surface area contributed by atoms with E-state index >= 15 is 0 Å². The van der Waals surface area contributed by atoms with Gasteiger partial charge in [0.25, 0.3) is 0 Å². The van der Waals surface area contributed by atoms with Gasteiger partial charge in [0.05, 0.1) is 0 Å². The molecular weight excluding hydrogens is 347 g/mol. The lowest BCUT2D eigenvalue weighted by atomic mass is 10.1. The molecule has 1 saturated heterocycles. The first-order chi connectivity index (χ1) is 13.1. The molecule has 0 aliphatic carbocycles. The van der Waals surface area contributed by atoms with Crippen molar-refractivity contribution in [2.24, 2.45) is 0 Å². The molecular formula is C20H31FN4O2. The van der Waals surface area contributed by atoms with Crippen LogP contribution in [0, 0.1) is 5.82 Å². The van der Waals surface area contributed by atoms with Crippen LogP contribution in [0.2, 0.25) is 0 Å². The molecule has 3 amide bonds. The highest BCUT2D eigenvalue weighted by molar-refractivity contribution is 5.86. The van der Waals surface area contributed by atoms with E-state index < -0.39 is 12.1 Å². The first kappa shape index (κ1) is 21.2. The average Bonchev–Trinajstić information content (AvgIpc) is 2.68. The fourth-order valence-electron chi connectivity index (χ4n) is 3.19. The molecule has 0 bridgehead atoms. The number of hydrogen-bond acceptors (Lipinski definition) is 3. The van der Waals surface area contributed by atoms with E-state index in [1.807, 2.05) is 6.92 Å². The largest absolute Gasteiger partial charge is 0.353 e. The maximum Gasteiger partial charge on any atom is 0.315 e. The van der Waals surface area contributed by atoms with Crippen molar-refractivity contribution in [1.82, 2.24) is 20.9 Å². The molecule has 1 fully saturated rings. The lowest BCUT2D eigenvalue weighted by Gasteiger charge is -2.26. The molecule has 150 valence electrons. The van der Waals surface area contributed by atoms with Gasteiger partial charge in [-0.3, -0.25) is 4.79 Å². The number of rotatable bonds is 9. The molecule has 1 aliphatic rings. The Morgan fingerprint density at radius 2 is 1.81 bits per heavy atom. The minimum Gasteiger partial charge on any atom is -0.353 e. The highest BCUT2D eigenvalue weighted by Crippen LogP contribution is 2.07. The Bertz CT molecular complexity index is 588. The molecule has 1 atom stereocenters. The molecule has 0 aromatic heterocycles. The molecule has 7 heteroatoms. The fourth-order valence-corrected chi connectivity index (χ4v) is 3.19. The number of hydrogen-bond donors (Lipinski definition) is 3. The Morgan fingerprint density at radius 1 is 1.11 bits per heavy atom. The summed E-state index contributed by atoms with van der Waals surface area (Å²) in [5.74, 6) is -0.460. The summed E-state index contributed by atoms with van der Waals surface area (Å²) in [4.78, 5) is 26.9. The number of urea groups is 1. The standard InChI is InChI=1S/C20H31FN4O2/c1-2-6-18(19(26)22-11-14-25-12-4-3-5-13-25)24-20(27)23-15-16-7-9-17(21)10-8-16/h7-10,18H,2-6,11-15H2,1H3,(H,22,26)(H2,23,24,27). The van der Waals surface area contributed by atoms with Crippen LogP contribution in [0.15, 0.2) is 24.3 Å². The van der Waals surface area contributed by atoms with Crippen molar-refractivity contribution in [1.29, 1.82) is 0 Å². The summed E-state index contributed by atoms with van der Waals surface area (Å²) in [5, 5.41) is 8.38. The van der Waals surface area contributed by atoms with E-state index in [0.717, 1.165) is 31.6 Å². The van der Waals surface area contributed by atoms with Crippen LogP contribution in [0.1, 0.15) is 44.6 Å². The monoisotopic (exact) mass is 378 g/mol. The molecule has 0 spiro atoms. The Kier molecular flexibility index (Phi) is 9.04. The predicted octanol–water partition coefficient (Wildman–Crippen LogP) is 2.40. The van der Waals surface area contributed by atoms with Crippen molar-refractivity contribution >= 4 is 11.9 Å². The predicted molar refractivity (Wildman–Crippen MR) is 104 cm³/mol. The normalized spacial score (nSPS) is 15.8. The van der Waals surface area contributed by atoms with E-state index in [0.29, 0.717) is 13.0 Å². The van der Waals surface area contributed by atoms with E-state index in [-0.39, 0.29) is 18.3 Å². The molecule has 6 nitrogen and oxygen atoms in total. The molecule has 0 radical (unpaired) electrons. The van der Waals surface area contributed by atoms with E-state index in [4.69, 9.17) is 0 Å². The third-order valence-corrected chi connectivity index (χ3v) is 4.74. The third kappa shape index (κ3) is 7.95. The Morgan fingerprint density at radius 3 is 2.48 bits per heavy atom. The zero-order chi connectivity index (χ0) is 19.5. The van der Waals surface area contributed by atoms with Crippen LogP contribution in [0.3, 0.4) is 0 Å². The van der Waals surface area contributed by atoms with Crippen LogP contribution in [0.4, 0.5) is 9.18 Å². The summed E-state index contributed by atoms with van der Waals surface area (Å²) in [6.45, 7) is 5.89. The number of benzene rings is 1. The van der Waals surface area contributed by atoms with Gasteiger partial charge in [-0.05, 0) is 50.0 Å². The van der Waals surface area contributed by atoms with Crippen LogP contribution in [0.5, 0.6) is 0 Å². The van der Waals surface area contributed by atoms with Gasteiger partial charge in [-0.25, -0.2) is 9.18 Å². The number of amides is 3. The lowest BCUT2D eigenvalue weighted by molar-refractivity contribution is -0.123. The molecule has 1 aromatic rings. The first-order valence-electron chi connectivity index (χ1n) is 9.87. The van der Waals surface area contributed by atoms with E-state index in [9.17, 15) is 14.0 Å². The van der Waals surface area contributed by atoms with Crippen molar-refractivity contribution in [2.45, 2.75) is 51.6 Å². The maximum atomic E-state index is 12.9. The van der Waals surface area contributed by atoms with Crippen LogP contribution in [-0.2, 0) is 11.3 Å². The average molecular weight is 378 g/mol. The summed E-state index contributed by atoms with van der Waals surface area (Å²) in [7, 11) is 0. The summed E-state index contributed by atoms with van der Waals surface area (Å²) >= 11 is 0. The van der Waals surface area contributed by atoms with Gasteiger partial charge < -0.3 is 20.9 Å². The Balaban J connectivity index is 1.72. The molecule has 2 rings (SSSR count). The van der Waals surface area contributed by atoms with Gasteiger partial charge in [-0.1, -0.05) is 31.9 Å². The van der Waals surface area contributed by atoms with Gasteiger partial charge in [-0.2, -0.15) is 0 Å². The molecule has 0 saturated carbocycles. The van der Waals surface area contributed by atoms with Crippen LogP contribution in [0.25, 0.3) is 0 Å². The van der Waals surface area contributed by atoms with Crippen molar-refractivity contribution in [3.8, 4) is 0 Å².